The predicted molar refractivity (Wildman–Crippen MR) is 102 cm³/mol. The molecule has 2 atom stereocenters. The number of carbonyl (C=O) groups excluding carboxylic acids is 1. The Morgan fingerprint density at radius 3 is 2.33 bits per heavy atom. The number of rotatable bonds is 7. The van der Waals surface area contributed by atoms with Crippen molar-refractivity contribution in [2.45, 2.75) is 76.7 Å². The fourth-order valence-corrected chi connectivity index (χ4v) is 5.02. The number of carbonyl (C=O) groups is 1. The second-order valence-corrected chi connectivity index (χ2v) is 8.64. The molecule has 1 saturated carbocycles. The number of aryl methyl sites for hydroxylation is 3. The smallest absolute Gasteiger partial charge is 0.324 e. The molecule has 7 heteroatoms. The molecule has 1 N–H and O–H groups in total. The van der Waals surface area contributed by atoms with E-state index in [4.69, 9.17) is 4.74 Å². The van der Waals surface area contributed by atoms with Gasteiger partial charge in [-0.2, -0.15) is 0 Å². The first-order valence-electron chi connectivity index (χ1n) is 9.43. The monoisotopic (exact) mass is 401 g/mol. The molecule has 4 nitrogen and oxygen atoms in total. The quantitative estimate of drug-likeness (QED) is 0.690. The fourth-order valence-electron chi connectivity index (χ4n) is 3.75. The van der Waals surface area contributed by atoms with Gasteiger partial charge >= 0.3 is 5.97 Å². The van der Waals surface area contributed by atoms with Crippen molar-refractivity contribution in [1.29, 1.82) is 0 Å². The molecular formula is C20H29F2NO3S. The van der Waals surface area contributed by atoms with Crippen molar-refractivity contribution in [2.24, 2.45) is 5.92 Å². The van der Waals surface area contributed by atoms with Crippen LogP contribution in [0.3, 0.4) is 0 Å². The van der Waals surface area contributed by atoms with Crippen LogP contribution < -0.4 is 4.72 Å². The molecule has 1 aromatic rings. The number of esters is 1. The third-order valence-corrected chi connectivity index (χ3v) is 6.53. The van der Waals surface area contributed by atoms with E-state index < -0.39 is 28.9 Å². The van der Waals surface area contributed by atoms with E-state index in [0.717, 1.165) is 16.7 Å². The second kappa shape index (κ2) is 9.24. The molecule has 1 aliphatic rings. The van der Waals surface area contributed by atoms with Gasteiger partial charge in [0.15, 0.2) is 0 Å². The lowest BCUT2D eigenvalue weighted by molar-refractivity contribution is -0.145. The van der Waals surface area contributed by atoms with Gasteiger partial charge in [0, 0.05) is 12.8 Å². The molecule has 27 heavy (non-hydrogen) atoms. The summed E-state index contributed by atoms with van der Waals surface area (Å²) in [6.07, 6.45) is 0.753. The van der Waals surface area contributed by atoms with E-state index in [9.17, 15) is 17.8 Å². The summed E-state index contributed by atoms with van der Waals surface area (Å²) in [6.45, 7) is 7.67. The van der Waals surface area contributed by atoms with Crippen LogP contribution in [0.2, 0.25) is 0 Å². The number of hydrogen-bond acceptors (Lipinski definition) is 3. The van der Waals surface area contributed by atoms with Crippen molar-refractivity contribution in [3.05, 3.63) is 28.8 Å². The Morgan fingerprint density at radius 2 is 1.81 bits per heavy atom. The number of benzene rings is 1. The Balaban J connectivity index is 2.13. The van der Waals surface area contributed by atoms with E-state index in [1.807, 2.05) is 32.9 Å². The molecule has 0 heterocycles. The Kier molecular flexibility index (Phi) is 7.51. The standard InChI is InChI=1S/C20H29F2NO3S/c1-5-26-19(24)17(12-16-6-8-20(21,22)9-7-16)23-27(25)18-14(3)10-13(2)11-15(18)4/h10-11,16-17,23H,5-9,12H2,1-4H3/t17-,27?/m0/s1. The van der Waals surface area contributed by atoms with E-state index in [1.54, 1.807) is 6.92 Å². The second-order valence-electron chi connectivity index (χ2n) is 7.45. The van der Waals surface area contributed by atoms with Gasteiger partial charge in [-0.25, -0.2) is 17.7 Å². The van der Waals surface area contributed by atoms with Crippen molar-refractivity contribution >= 4 is 17.0 Å². The molecule has 0 bridgehead atoms. The Bertz CT molecular complexity index is 675. The van der Waals surface area contributed by atoms with Crippen LogP contribution in [0, 0.1) is 26.7 Å². The van der Waals surface area contributed by atoms with E-state index in [0.29, 0.717) is 24.2 Å². The van der Waals surface area contributed by atoms with Crippen molar-refractivity contribution in [1.82, 2.24) is 4.72 Å². The highest BCUT2D eigenvalue weighted by molar-refractivity contribution is 7.83. The highest BCUT2D eigenvalue weighted by Gasteiger charge is 2.37. The van der Waals surface area contributed by atoms with Gasteiger partial charge in [0.2, 0.25) is 5.92 Å². The molecule has 1 unspecified atom stereocenters. The third kappa shape index (κ3) is 6.07. The minimum absolute atomic E-state index is 0.0104. The van der Waals surface area contributed by atoms with E-state index >= 15 is 0 Å². The number of nitrogens with one attached hydrogen (secondary N) is 1. The van der Waals surface area contributed by atoms with Crippen molar-refractivity contribution in [3.63, 3.8) is 0 Å². The average Bonchev–Trinajstić information content (AvgIpc) is 2.55. The topological polar surface area (TPSA) is 55.4 Å². The lowest BCUT2D eigenvalue weighted by atomic mass is 9.83. The summed E-state index contributed by atoms with van der Waals surface area (Å²) >= 11 is 0. The molecule has 0 saturated heterocycles. The maximum Gasteiger partial charge on any atom is 0.324 e. The van der Waals surface area contributed by atoms with Crippen LogP contribution in [0.5, 0.6) is 0 Å². The first-order valence-corrected chi connectivity index (χ1v) is 10.6. The molecule has 1 fully saturated rings. The SMILES string of the molecule is CCOC(=O)[C@H](CC1CCC(F)(F)CC1)NS(=O)c1c(C)cc(C)cc1C. The number of alkyl halides is 2. The first kappa shape index (κ1) is 22.0. The van der Waals surface area contributed by atoms with Gasteiger partial charge in [-0.15, -0.1) is 0 Å². The zero-order valence-corrected chi connectivity index (χ0v) is 17.3. The van der Waals surface area contributed by atoms with Crippen LogP contribution in [0.1, 0.15) is 55.7 Å². The first-order chi connectivity index (χ1) is 12.6. The predicted octanol–water partition coefficient (Wildman–Crippen LogP) is 4.37. The van der Waals surface area contributed by atoms with Crippen LogP contribution in [0.25, 0.3) is 0 Å². The summed E-state index contributed by atoms with van der Waals surface area (Å²) in [6, 6.07) is 3.12. The molecule has 1 aromatic carbocycles. The van der Waals surface area contributed by atoms with Crippen LogP contribution in [0.4, 0.5) is 8.78 Å². The summed E-state index contributed by atoms with van der Waals surface area (Å²) in [7, 11) is -1.59. The van der Waals surface area contributed by atoms with Crippen LogP contribution in [-0.4, -0.2) is 28.7 Å². The van der Waals surface area contributed by atoms with Gasteiger partial charge in [-0.05, 0) is 64.0 Å². The van der Waals surface area contributed by atoms with Gasteiger partial charge < -0.3 is 4.74 Å². The zero-order valence-electron chi connectivity index (χ0n) is 16.4. The molecule has 2 rings (SSSR count). The minimum atomic E-state index is -2.61. The van der Waals surface area contributed by atoms with Crippen molar-refractivity contribution in [3.8, 4) is 0 Å². The van der Waals surface area contributed by atoms with E-state index in [1.165, 1.54) is 0 Å². The largest absolute Gasteiger partial charge is 0.465 e. The fraction of sp³-hybridized carbons (Fsp3) is 0.650. The molecule has 152 valence electrons. The molecule has 0 radical (unpaired) electrons. The number of hydrogen-bond donors (Lipinski definition) is 1. The van der Waals surface area contributed by atoms with Crippen LogP contribution in [0.15, 0.2) is 17.0 Å². The lowest BCUT2D eigenvalue weighted by Crippen LogP contribution is -2.41. The van der Waals surface area contributed by atoms with Gasteiger partial charge in [0.25, 0.3) is 0 Å². The van der Waals surface area contributed by atoms with Crippen LogP contribution in [-0.2, 0) is 20.5 Å². The van der Waals surface area contributed by atoms with Gasteiger partial charge in [0.1, 0.15) is 17.0 Å². The van der Waals surface area contributed by atoms with Crippen LogP contribution >= 0.6 is 0 Å². The summed E-state index contributed by atoms with van der Waals surface area (Å²) < 4.78 is 47.7. The molecular weight excluding hydrogens is 372 g/mol. The summed E-state index contributed by atoms with van der Waals surface area (Å²) in [4.78, 5) is 13.0. The molecule has 0 aliphatic heterocycles. The summed E-state index contributed by atoms with van der Waals surface area (Å²) in [5.41, 5.74) is 2.85. The maximum absolute atomic E-state index is 13.4. The van der Waals surface area contributed by atoms with E-state index in [-0.39, 0.29) is 25.4 Å². The highest BCUT2D eigenvalue weighted by Crippen LogP contribution is 2.38. The molecule has 0 aromatic heterocycles. The van der Waals surface area contributed by atoms with Gasteiger partial charge in [-0.3, -0.25) is 4.79 Å². The van der Waals surface area contributed by atoms with Crippen molar-refractivity contribution < 1.29 is 22.5 Å². The normalized spacial score (nSPS) is 19.5. The maximum atomic E-state index is 13.4. The lowest BCUT2D eigenvalue weighted by Gasteiger charge is -2.30. The molecule has 0 spiro atoms. The highest BCUT2D eigenvalue weighted by atomic mass is 32.2. The van der Waals surface area contributed by atoms with Gasteiger partial charge in [-0.1, -0.05) is 17.7 Å². The molecule has 1 aliphatic carbocycles. The number of ether oxygens (including phenoxy) is 1. The third-order valence-electron chi connectivity index (χ3n) is 5.02. The van der Waals surface area contributed by atoms with E-state index in [2.05, 4.69) is 4.72 Å². The summed E-state index contributed by atoms with van der Waals surface area (Å²) in [5, 5.41) is 0. The van der Waals surface area contributed by atoms with Gasteiger partial charge in [0.05, 0.1) is 11.5 Å². The number of halogens is 2. The Morgan fingerprint density at radius 1 is 1.26 bits per heavy atom. The Hall–Kier alpha value is -1.34. The average molecular weight is 402 g/mol. The Labute approximate surface area is 162 Å². The molecule has 0 amide bonds. The van der Waals surface area contributed by atoms with Crippen molar-refractivity contribution in [2.75, 3.05) is 6.61 Å². The zero-order chi connectivity index (χ0) is 20.2. The summed E-state index contributed by atoms with van der Waals surface area (Å²) in [5.74, 6) is -3.10. The minimum Gasteiger partial charge on any atom is -0.465 e.